The summed E-state index contributed by atoms with van der Waals surface area (Å²) in [5.74, 6) is 0.352. The van der Waals surface area contributed by atoms with Crippen LogP contribution in [0.25, 0.3) is 0 Å². The Labute approximate surface area is 106 Å². The predicted molar refractivity (Wildman–Crippen MR) is 67.7 cm³/mol. The van der Waals surface area contributed by atoms with Crippen LogP contribution in [0, 0.1) is 0 Å². The molecule has 0 aromatic heterocycles. The first-order chi connectivity index (χ1) is 8.54. The topological polar surface area (TPSA) is 78.8 Å². The maximum Gasteiger partial charge on any atom is 0.251 e. The van der Waals surface area contributed by atoms with E-state index < -0.39 is 5.54 Å². The summed E-state index contributed by atoms with van der Waals surface area (Å²) in [4.78, 5) is 11.9. The molecule has 0 spiro atoms. The molecule has 0 saturated carbocycles. The van der Waals surface area contributed by atoms with Crippen LogP contribution in [0.3, 0.4) is 0 Å². The molecule has 1 rings (SSSR count). The largest absolute Gasteiger partial charge is 0.494 e. The summed E-state index contributed by atoms with van der Waals surface area (Å²) in [6.07, 6.45) is 0. The van der Waals surface area contributed by atoms with Gasteiger partial charge < -0.3 is 20.3 Å². The molecule has 0 aliphatic heterocycles. The van der Waals surface area contributed by atoms with Gasteiger partial charge in [0.1, 0.15) is 5.75 Å². The highest BCUT2D eigenvalue weighted by Crippen LogP contribution is 2.13. The summed E-state index contributed by atoms with van der Waals surface area (Å²) in [5.41, 5.74) is -0.568. The second kappa shape index (κ2) is 6.37. The molecule has 100 valence electrons. The van der Waals surface area contributed by atoms with E-state index in [0.717, 1.165) is 0 Å². The van der Waals surface area contributed by atoms with Crippen LogP contribution in [0.2, 0.25) is 0 Å². The van der Waals surface area contributed by atoms with Crippen molar-refractivity contribution < 1.29 is 19.7 Å². The number of benzene rings is 1. The zero-order chi connectivity index (χ0) is 13.6. The third-order valence-electron chi connectivity index (χ3n) is 2.54. The lowest BCUT2D eigenvalue weighted by Gasteiger charge is -2.26. The first-order valence-electron chi connectivity index (χ1n) is 5.81. The molecule has 0 saturated heterocycles. The summed E-state index contributed by atoms with van der Waals surface area (Å²) < 4.78 is 5.27. The van der Waals surface area contributed by atoms with E-state index in [4.69, 9.17) is 14.9 Å². The number of carbonyl (C=O) groups excluding carboxylic acids is 1. The van der Waals surface area contributed by atoms with Crippen LogP contribution in [-0.2, 0) is 0 Å². The van der Waals surface area contributed by atoms with Gasteiger partial charge in [0, 0.05) is 5.56 Å². The fraction of sp³-hybridized carbons (Fsp3) is 0.462. The molecule has 0 heterocycles. The number of hydrogen-bond acceptors (Lipinski definition) is 4. The standard InChI is InChI=1S/C13H19NO4/c1-3-18-11-6-4-10(5-7-11)12(17)14-13(2,8-15)9-16/h4-7,15-16H,3,8-9H2,1-2H3,(H,14,17). The summed E-state index contributed by atoms with van der Waals surface area (Å²) >= 11 is 0. The molecule has 1 aromatic carbocycles. The van der Waals surface area contributed by atoms with Gasteiger partial charge in [-0.05, 0) is 38.1 Å². The number of hydrogen-bond donors (Lipinski definition) is 3. The lowest BCUT2D eigenvalue weighted by Crippen LogP contribution is -2.51. The van der Waals surface area contributed by atoms with Crippen molar-refractivity contribution in [3.63, 3.8) is 0 Å². The summed E-state index contributed by atoms with van der Waals surface area (Å²) in [7, 11) is 0. The van der Waals surface area contributed by atoms with Crippen molar-refractivity contribution >= 4 is 5.91 Å². The van der Waals surface area contributed by atoms with E-state index in [2.05, 4.69) is 5.32 Å². The molecule has 1 amide bonds. The van der Waals surface area contributed by atoms with Crippen molar-refractivity contribution in [1.82, 2.24) is 5.32 Å². The van der Waals surface area contributed by atoms with E-state index in [-0.39, 0.29) is 19.1 Å². The van der Waals surface area contributed by atoms with Gasteiger partial charge in [0.15, 0.2) is 0 Å². The minimum atomic E-state index is -1.02. The number of amides is 1. The van der Waals surface area contributed by atoms with Crippen LogP contribution in [0.4, 0.5) is 0 Å². The predicted octanol–water partition coefficient (Wildman–Crippen LogP) is 0.558. The molecule has 0 aliphatic rings. The molecule has 0 aliphatic carbocycles. The fourth-order valence-corrected chi connectivity index (χ4v) is 1.34. The number of carbonyl (C=O) groups is 1. The Morgan fingerprint density at radius 3 is 2.28 bits per heavy atom. The zero-order valence-electron chi connectivity index (χ0n) is 10.6. The van der Waals surface area contributed by atoms with Gasteiger partial charge in [-0.15, -0.1) is 0 Å². The van der Waals surface area contributed by atoms with Crippen molar-refractivity contribution in [2.24, 2.45) is 0 Å². The highest BCUT2D eigenvalue weighted by molar-refractivity contribution is 5.94. The normalized spacial score (nSPS) is 11.1. The molecular formula is C13H19NO4. The van der Waals surface area contributed by atoms with Gasteiger partial charge in [0.2, 0.25) is 0 Å². The van der Waals surface area contributed by atoms with E-state index in [1.54, 1.807) is 31.2 Å². The Balaban J connectivity index is 2.72. The SMILES string of the molecule is CCOc1ccc(C(=O)NC(C)(CO)CO)cc1. The Hall–Kier alpha value is -1.59. The second-order valence-electron chi connectivity index (χ2n) is 4.29. The summed E-state index contributed by atoms with van der Waals surface area (Å²) in [6, 6.07) is 6.67. The molecule has 5 heteroatoms. The van der Waals surface area contributed by atoms with E-state index in [9.17, 15) is 4.79 Å². The van der Waals surface area contributed by atoms with Crippen LogP contribution in [0.15, 0.2) is 24.3 Å². The number of nitrogens with one attached hydrogen (secondary N) is 1. The van der Waals surface area contributed by atoms with Crippen molar-refractivity contribution in [1.29, 1.82) is 0 Å². The van der Waals surface area contributed by atoms with Gasteiger partial charge in [-0.25, -0.2) is 0 Å². The smallest absolute Gasteiger partial charge is 0.251 e. The van der Waals surface area contributed by atoms with Crippen LogP contribution < -0.4 is 10.1 Å². The molecule has 3 N–H and O–H groups in total. The first kappa shape index (κ1) is 14.5. The Morgan fingerprint density at radius 1 is 1.28 bits per heavy atom. The molecule has 0 fully saturated rings. The summed E-state index contributed by atoms with van der Waals surface area (Å²) in [5, 5.41) is 20.8. The summed E-state index contributed by atoms with van der Waals surface area (Å²) in [6.45, 7) is 3.37. The van der Waals surface area contributed by atoms with Gasteiger partial charge in [0.05, 0.1) is 25.4 Å². The van der Waals surface area contributed by atoms with Crippen LogP contribution in [0.5, 0.6) is 5.75 Å². The van der Waals surface area contributed by atoms with Gasteiger partial charge in [-0.1, -0.05) is 0 Å². The maximum atomic E-state index is 11.9. The van der Waals surface area contributed by atoms with E-state index in [0.29, 0.717) is 17.9 Å². The van der Waals surface area contributed by atoms with Gasteiger partial charge in [-0.3, -0.25) is 4.79 Å². The van der Waals surface area contributed by atoms with E-state index in [1.165, 1.54) is 0 Å². The molecule has 1 aromatic rings. The van der Waals surface area contributed by atoms with Gasteiger partial charge >= 0.3 is 0 Å². The molecule has 0 atom stereocenters. The lowest BCUT2D eigenvalue weighted by molar-refractivity contribution is 0.0724. The third kappa shape index (κ3) is 3.72. The first-order valence-corrected chi connectivity index (χ1v) is 5.81. The minimum Gasteiger partial charge on any atom is -0.494 e. The monoisotopic (exact) mass is 253 g/mol. The average molecular weight is 253 g/mol. The highest BCUT2D eigenvalue weighted by Gasteiger charge is 2.24. The maximum absolute atomic E-state index is 11.9. The lowest BCUT2D eigenvalue weighted by atomic mass is 10.0. The Kier molecular flexibility index (Phi) is 5.12. The Morgan fingerprint density at radius 2 is 1.83 bits per heavy atom. The molecule has 18 heavy (non-hydrogen) atoms. The quantitative estimate of drug-likeness (QED) is 0.692. The number of aliphatic hydroxyl groups is 2. The van der Waals surface area contributed by atoms with Crippen molar-refractivity contribution in [3.8, 4) is 5.75 Å². The molecule has 5 nitrogen and oxygen atoms in total. The minimum absolute atomic E-state index is 0.327. The number of rotatable bonds is 6. The van der Waals surface area contributed by atoms with Gasteiger partial charge in [0.25, 0.3) is 5.91 Å². The van der Waals surface area contributed by atoms with E-state index >= 15 is 0 Å². The van der Waals surface area contributed by atoms with Crippen LogP contribution in [-0.4, -0.2) is 41.5 Å². The van der Waals surface area contributed by atoms with Crippen molar-refractivity contribution in [2.45, 2.75) is 19.4 Å². The highest BCUT2D eigenvalue weighted by atomic mass is 16.5. The average Bonchev–Trinajstić information content (AvgIpc) is 2.39. The molecular weight excluding hydrogens is 234 g/mol. The molecule has 0 radical (unpaired) electrons. The van der Waals surface area contributed by atoms with E-state index in [1.807, 2.05) is 6.92 Å². The second-order valence-corrected chi connectivity index (χ2v) is 4.29. The number of aliphatic hydroxyl groups excluding tert-OH is 2. The van der Waals surface area contributed by atoms with Crippen molar-refractivity contribution in [3.05, 3.63) is 29.8 Å². The fourth-order valence-electron chi connectivity index (χ4n) is 1.34. The molecule has 0 bridgehead atoms. The molecule has 0 unspecified atom stereocenters. The van der Waals surface area contributed by atoms with Crippen LogP contribution >= 0.6 is 0 Å². The third-order valence-corrected chi connectivity index (χ3v) is 2.54. The number of ether oxygens (including phenoxy) is 1. The Bertz CT molecular complexity index is 384. The van der Waals surface area contributed by atoms with Gasteiger partial charge in [-0.2, -0.15) is 0 Å². The zero-order valence-corrected chi connectivity index (χ0v) is 10.6. The van der Waals surface area contributed by atoms with Crippen molar-refractivity contribution in [2.75, 3.05) is 19.8 Å². The van der Waals surface area contributed by atoms with Crippen LogP contribution in [0.1, 0.15) is 24.2 Å².